The number of non-ortho nitro benzene ring substituents is 1. The van der Waals surface area contributed by atoms with Crippen LogP contribution >= 0.6 is 12.2 Å². The number of methoxy groups -OCH3 is 1. The van der Waals surface area contributed by atoms with E-state index in [1.54, 1.807) is 12.3 Å². The molecule has 0 spiro atoms. The molecule has 6 rings (SSSR count). The van der Waals surface area contributed by atoms with Gasteiger partial charge < -0.3 is 24.3 Å². The van der Waals surface area contributed by atoms with Crippen molar-refractivity contribution in [2.24, 2.45) is 0 Å². The van der Waals surface area contributed by atoms with Gasteiger partial charge in [-0.05, 0) is 99.2 Å². The molecule has 2 aromatic heterocycles. The van der Waals surface area contributed by atoms with Crippen molar-refractivity contribution in [1.82, 2.24) is 14.9 Å². The van der Waals surface area contributed by atoms with E-state index in [1.165, 1.54) is 24.8 Å². The first-order chi connectivity index (χ1) is 21.2. The fourth-order valence-electron chi connectivity index (χ4n) is 5.79. The van der Waals surface area contributed by atoms with Gasteiger partial charge in [-0.25, -0.2) is 0 Å². The molecule has 44 heavy (non-hydrogen) atoms. The molecule has 1 fully saturated rings. The Morgan fingerprint density at radius 3 is 2.27 bits per heavy atom. The van der Waals surface area contributed by atoms with E-state index in [0.29, 0.717) is 16.5 Å². The number of anilines is 1. The van der Waals surface area contributed by atoms with Crippen LogP contribution in [0.1, 0.15) is 40.3 Å². The number of nitro groups is 1. The molecule has 0 unspecified atom stereocenters. The molecule has 0 bridgehead atoms. The van der Waals surface area contributed by atoms with Gasteiger partial charge in [0.15, 0.2) is 5.11 Å². The maximum absolute atomic E-state index is 11.4. The number of hydrogen-bond acceptors (Lipinski definition) is 6. The van der Waals surface area contributed by atoms with Gasteiger partial charge in [-0.3, -0.25) is 15.1 Å². The standard InChI is InChI=1S/C34H31N5O4S/c1-21-8-13-26(14-9-21)43-27-15-10-24(11-16-27)38-33(32(36-34(38)44)29-7-5-6-18-35-29)28-19-22(2)37(23(28)3)30-17-12-25(39(40)41)20-31(30)42-4/h5-20,32-33H,1-4H3,(H,36,44)/t32-,33-/m0/s1. The molecule has 9 nitrogen and oxygen atoms in total. The van der Waals surface area contributed by atoms with E-state index in [-0.39, 0.29) is 17.8 Å². The molecule has 2 atom stereocenters. The fraction of sp³-hybridized carbons (Fsp3) is 0.176. The third-order valence-electron chi connectivity index (χ3n) is 7.87. The lowest BCUT2D eigenvalue weighted by Crippen LogP contribution is -2.29. The van der Waals surface area contributed by atoms with E-state index < -0.39 is 4.92 Å². The van der Waals surface area contributed by atoms with Crippen LogP contribution in [0.3, 0.4) is 0 Å². The number of rotatable bonds is 8. The number of ether oxygens (including phenoxy) is 2. The van der Waals surface area contributed by atoms with Gasteiger partial charge in [0.05, 0.1) is 41.6 Å². The summed E-state index contributed by atoms with van der Waals surface area (Å²) in [6, 6.07) is 28.0. The molecule has 0 aliphatic carbocycles. The first kappa shape index (κ1) is 28.9. The zero-order chi connectivity index (χ0) is 31.0. The number of pyridine rings is 1. The molecule has 10 heteroatoms. The summed E-state index contributed by atoms with van der Waals surface area (Å²) in [5.74, 6) is 1.90. The molecular weight excluding hydrogens is 574 g/mol. The van der Waals surface area contributed by atoms with E-state index in [4.69, 9.17) is 21.7 Å². The Labute approximate surface area is 260 Å². The SMILES string of the molecule is COc1cc([N+](=O)[O-])ccc1-n1c(C)cc([C@H]2[C@H](c3ccccn3)NC(=S)N2c2ccc(Oc3ccc(C)cc3)cc2)c1C. The smallest absolute Gasteiger partial charge is 0.273 e. The van der Waals surface area contributed by atoms with Gasteiger partial charge in [0.2, 0.25) is 0 Å². The first-order valence-corrected chi connectivity index (χ1v) is 14.5. The highest BCUT2D eigenvalue weighted by molar-refractivity contribution is 7.80. The molecular formula is C34H31N5O4S. The Morgan fingerprint density at radius 2 is 1.64 bits per heavy atom. The van der Waals surface area contributed by atoms with Crippen LogP contribution in [0.5, 0.6) is 17.2 Å². The number of nitrogens with zero attached hydrogens (tertiary/aromatic N) is 4. The van der Waals surface area contributed by atoms with Gasteiger partial charge in [0.25, 0.3) is 5.69 Å². The van der Waals surface area contributed by atoms with Crippen molar-refractivity contribution in [3.63, 3.8) is 0 Å². The van der Waals surface area contributed by atoms with Crippen molar-refractivity contribution in [3.05, 3.63) is 136 Å². The van der Waals surface area contributed by atoms with Crippen molar-refractivity contribution in [1.29, 1.82) is 0 Å². The Kier molecular flexibility index (Phi) is 7.75. The summed E-state index contributed by atoms with van der Waals surface area (Å²) in [7, 11) is 1.52. The molecule has 0 amide bonds. The average molecular weight is 606 g/mol. The van der Waals surface area contributed by atoms with Gasteiger partial charge in [-0.2, -0.15) is 0 Å². The zero-order valence-corrected chi connectivity index (χ0v) is 25.5. The minimum atomic E-state index is -0.426. The van der Waals surface area contributed by atoms with Crippen LogP contribution in [0.4, 0.5) is 11.4 Å². The van der Waals surface area contributed by atoms with E-state index in [9.17, 15) is 10.1 Å². The Balaban J connectivity index is 1.42. The van der Waals surface area contributed by atoms with Crippen molar-refractivity contribution in [3.8, 4) is 22.9 Å². The monoisotopic (exact) mass is 605 g/mol. The van der Waals surface area contributed by atoms with Crippen molar-refractivity contribution in [2.45, 2.75) is 32.9 Å². The topological polar surface area (TPSA) is 94.7 Å². The molecule has 3 aromatic carbocycles. The number of aromatic nitrogens is 2. The third-order valence-corrected chi connectivity index (χ3v) is 8.19. The summed E-state index contributed by atoms with van der Waals surface area (Å²) in [4.78, 5) is 17.8. The molecule has 3 heterocycles. The molecule has 1 aliphatic heterocycles. The third kappa shape index (κ3) is 5.35. The van der Waals surface area contributed by atoms with Crippen LogP contribution in [0.15, 0.2) is 97.2 Å². The summed E-state index contributed by atoms with van der Waals surface area (Å²) in [6.45, 7) is 6.09. The largest absolute Gasteiger partial charge is 0.494 e. The van der Waals surface area contributed by atoms with Gasteiger partial charge >= 0.3 is 0 Å². The van der Waals surface area contributed by atoms with Crippen LogP contribution < -0.4 is 19.7 Å². The summed E-state index contributed by atoms with van der Waals surface area (Å²) < 4.78 is 13.7. The highest BCUT2D eigenvalue weighted by Gasteiger charge is 2.42. The number of hydrogen-bond donors (Lipinski definition) is 1. The molecule has 1 saturated heterocycles. The van der Waals surface area contributed by atoms with Gasteiger partial charge in [-0.1, -0.05) is 23.8 Å². The molecule has 222 valence electrons. The highest BCUT2D eigenvalue weighted by Crippen LogP contribution is 2.44. The first-order valence-electron chi connectivity index (χ1n) is 14.1. The van der Waals surface area contributed by atoms with E-state index >= 15 is 0 Å². The van der Waals surface area contributed by atoms with Crippen LogP contribution in [0.2, 0.25) is 0 Å². The number of nitro benzene ring substituents is 1. The number of thiocarbonyl (C=S) groups is 1. The summed E-state index contributed by atoms with van der Waals surface area (Å²) in [5, 5.41) is 15.5. The molecule has 5 aromatic rings. The van der Waals surface area contributed by atoms with Gasteiger partial charge in [-0.15, -0.1) is 0 Å². The van der Waals surface area contributed by atoms with Crippen molar-refractivity contribution in [2.75, 3.05) is 12.0 Å². The minimum Gasteiger partial charge on any atom is -0.494 e. The minimum absolute atomic E-state index is 0.0326. The maximum atomic E-state index is 11.4. The van der Waals surface area contributed by atoms with Gasteiger partial charge in [0, 0.05) is 29.3 Å². The van der Waals surface area contributed by atoms with E-state index in [0.717, 1.165) is 39.8 Å². The van der Waals surface area contributed by atoms with Crippen LogP contribution in [-0.2, 0) is 0 Å². The molecule has 1 N–H and O–H groups in total. The maximum Gasteiger partial charge on any atom is 0.273 e. The Hall–Kier alpha value is -5.22. The lowest BCUT2D eigenvalue weighted by molar-refractivity contribution is -0.384. The van der Waals surface area contributed by atoms with Crippen molar-refractivity contribution < 1.29 is 14.4 Å². The highest BCUT2D eigenvalue weighted by atomic mass is 32.1. The fourth-order valence-corrected chi connectivity index (χ4v) is 6.13. The summed E-state index contributed by atoms with van der Waals surface area (Å²) in [6.07, 6.45) is 1.78. The summed E-state index contributed by atoms with van der Waals surface area (Å²) in [5.41, 5.74) is 6.55. The zero-order valence-electron chi connectivity index (χ0n) is 24.7. The number of nitrogens with one attached hydrogen (secondary N) is 1. The molecule has 0 saturated carbocycles. The predicted octanol–water partition coefficient (Wildman–Crippen LogP) is 7.68. The van der Waals surface area contributed by atoms with Crippen LogP contribution in [0.25, 0.3) is 5.69 Å². The quantitative estimate of drug-likeness (QED) is 0.109. The lowest BCUT2D eigenvalue weighted by atomic mass is 9.96. The van der Waals surface area contributed by atoms with E-state index in [1.807, 2.05) is 87.5 Å². The summed E-state index contributed by atoms with van der Waals surface area (Å²) >= 11 is 5.95. The van der Waals surface area contributed by atoms with Crippen LogP contribution in [-0.4, -0.2) is 26.7 Å². The Morgan fingerprint density at radius 1 is 0.932 bits per heavy atom. The second-order valence-corrected chi connectivity index (χ2v) is 11.1. The average Bonchev–Trinajstić information content (AvgIpc) is 3.53. The normalized spacial score (nSPS) is 16.1. The molecule has 0 radical (unpaired) electrons. The predicted molar refractivity (Wildman–Crippen MR) is 174 cm³/mol. The number of benzene rings is 3. The number of aryl methyl sites for hydroxylation is 2. The molecule has 1 aliphatic rings. The van der Waals surface area contributed by atoms with Gasteiger partial charge in [0.1, 0.15) is 17.2 Å². The van der Waals surface area contributed by atoms with Crippen LogP contribution in [0, 0.1) is 30.9 Å². The second-order valence-electron chi connectivity index (χ2n) is 10.7. The van der Waals surface area contributed by atoms with Crippen molar-refractivity contribution >= 4 is 28.7 Å². The Bertz CT molecular complexity index is 1840. The van der Waals surface area contributed by atoms with E-state index in [2.05, 4.69) is 25.8 Å². The second kappa shape index (κ2) is 11.8. The lowest BCUT2D eigenvalue weighted by Gasteiger charge is -2.28.